The van der Waals surface area contributed by atoms with E-state index in [-0.39, 0.29) is 42.1 Å². The van der Waals surface area contributed by atoms with Crippen molar-refractivity contribution in [2.24, 2.45) is 0 Å². The van der Waals surface area contributed by atoms with E-state index in [4.69, 9.17) is 14.5 Å². The molecule has 4 heterocycles. The van der Waals surface area contributed by atoms with E-state index in [9.17, 15) is 4.39 Å². The van der Waals surface area contributed by atoms with E-state index in [1.807, 2.05) is 33.8 Å². The maximum absolute atomic E-state index is 15.1. The van der Waals surface area contributed by atoms with Crippen molar-refractivity contribution in [3.8, 4) is 22.9 Å². The summed E-state index contributed by atoms with van der Waals surface area (Å²) in [4.78, 5) is 20.0. The number of nitrogens with zero attached hydrogens (tertiary/aromatic N) is 6. The first-order valence-corrected chi connectivity index (χ1v) is 15.4. The molecule has 0 bridgehead atoms. The van der Waals surface area contributed by atoms with Crippen molar-refractivity contribution in [3.63, 3.8) is 0 Å². The molecular formula is C33H43F3N6O2. The van der Waals surface area contributed by atoms with Crippen LogP contribution in [0, 0.1) is 11.6 Å². The number of hydrogen-bond acceptors (Lipinski definition) is 8. The van der Waals surface area contributed by atoms with Crippen LogP contribution in [-0.2, 0) is 6.42 Å². The molecule has 3 aromatic rings. The third-order valence-corrected chi connectivity index (χ3v) is 8.13. The second-order valence-electron chi connectivity index (χ2n) is 12.5. The smallest absolute Gasteiger partial charge is 0.256 e. The Kier molecular flexibility index (Phi) is 9.94. The van der Waals surface area contributed by atoms with Crippen molar-refractivity contribution in [2.45, 2.75) is 71.4 Å². The number of alkyl halides is 1. The zero-order valence-electron chi connectivity index (χ0n) is 26.5. The maximum Gasteiger partial charge on any atom is 0.256 e. The lowest BCUT2D eigenvalue weighted by Gasteiger charge is -2.36. The summed E-state index contributed by atoms with van der Waals surface area (Å²) >= 11 is 0. The van der Waals surface area contributed by atoms with Gasteiger partial charge in [-0.2, -0.15) is 4.39 Å². The minimum atomic E-state index is -1.66. The fourth-order valence-electron chi connectivity index (χ4n) is 5.83. The highest BCUT2D eigenvalue weighted by Gasteiger charge is 2.31. The molecule has 0 amide bonds. The van der Waals surface area contributed by atoms with Crippen LogP contribution in [0.25, 0.3) is 11.3 Å². The van der Waals surface area contributed by atoms with Gasteiger partial charge in [-0.3, -0.25) is 0 Å². The average Bonchev–Trinajstić information content (AvgIpc) is 2.97. The van der Waals surface area contributed by atoms with Gasteiger partial charge >= 0.3 is 0 Å². The van der Waals surface area contributed by atoms with E-state index >= 15 is 8.78 Å². The highest BCUT2D eigenvalue weighted by molar-refractivity contribution is 5.72. The van der Waals surface area contributed by atoms with E-state index in [1.54, 1.807) is 11.0 Å². The van der Waals surface area contributed by atoms with E-state index in [0.29, 0.717) is 29.0 Å². The Labute approximate surface area is 258 Å². The largest absolute Gasteiger partial charge is 0.475 e. The predicted octanol–water partition coefficient (Wildman–Crippen LogP) is 5.84. The van der Waals surface area contributed by atoms with Gasteiger partial charge in [-0.15, -0.1) is 0 Å². The summed E-state index contributed by atoms with van der Waals surface area (Å²) in [5, 5.41) is 0. The second-order valence-corrected chi connectivity index (χ2v) is 12.5. The summed E-state index contributed by atoms with van der Waals surface area (Å²) in [6.07, 6.45) is 1.70. The summed E-state index contributed by atoms with van der Waals surface area (Å²) < 4.78 is 55.7. The predicted molar refractivity (Wildman–Crippen MR) is 165 cm³/mol. The van der Waals surface area contributed by atoms with Crippen LogP contribution in [0.2, 0.25) is 0 Å². The number of anilines is 1. The van der Waals surface area contributed by atoms with Crippen molar-refractivity contribution in [3.05, 3.63) is 59.2 Å². The first kappa shape index (κ1) is 32.0. The van der Waals surface area contributed by atoms with Gasteiger partial charge in [0.05, 0.1) is 36.6 Å². The fourth-order valence-corrected chi connectivity index (χ4v) is 5.83. The Bertz CT molecular complexity index is 1450. The number of pyridine rings is 1. The Balaban J connectivity index is 1.38. The Hall–Kier alpha value is -3.44. The van der Waals surface area contributed by atoms with Gasteiger partial charge in [-0.25, -0.2) is 23.7 Å². The maximum atomic E-state index is 15.1. The summed E-state index contributed by atoms with van der Waals surface area (Å²) in [5.41, 5.74) is 2.33. The number of likely N-dealkylation sites (tertiary alicyclic amines) is 1. The zero-order chi connectivity index (χ0) is 31.5. The van der Waals surface area contributed by atoms with Gasteiger partial charge in [-0.05, 0) is 91.8 Å². The molecule has 2 aromatic heterocycles. The topological polar surface area (TPSA) is 66.9 Å². The number of rotatable bonds is 10. The van der Waals surface area contributed by atoms with Gasteiger partial charge in [0.25, 0.3) is 6.36 Å². The van der Waals surface area contributed by atoms with Crippen LogP contribution < -0.4 is 14.4 Å². The lowest BCUT2D eigenvalue weighted by Crippen LogP contribution is -2.42. The lowest BCUT2D eigenvalue weighted by molar-refractivity contribution is 0.0591. The fraction of sp³-hybridized carbons (Fsp3) is 0.545. The van der Waals surface area contributed by atoms with Crippen molar-refractivity contribution >= 4 is 5.69 Å². The van der Waals surface area contributed by atoms with Gasteiger partial charge in [0, 0.05) is 30.3 Å². The van der Waals surface area contributed by atoms with Crippen molar-refractivity contribution < 1.29 is 22.6 Å². The SMILES string of the molecule is CC(C)Oc1nc(Cc2ncc(F)c(-c3cc(F)c4c(c3)N(C(C)C)CC(F)O4)n2)ccc1C1CCN(CCN(C)C)CC1. The van der Waals surface area contributed by atoms with Crippen molar-refractivity contribution in [1.29, 1.82) is 0 Å². The summed E-state index contributed by atoms with van der Waals surface area (Å²) in [7, 11) is 4.19. The highest BCUT2D eigenvalue weighted by Crippen LogP contribution is 2.41. The number of hydrogen-bond donors (Lipinski definition) is 0. The van der Waals surface area contributed by atoms with Crippen LogP contribution in [0.3, 0.4) is 0 Å². The first-order valence-electron chi connectivity index (χ1n) is 15.4. The van der Waals surface area contributed by atoms with Crippen molar-refractivity contribution in [2.75, 3.05) is 51.7 Å². The molecular weight excluding hydrogens is 569 g/mol. The molecule has 11 heteroatoms. The van der Waals surface area contributed by atoms with Gasteiger partial charge in [0.15, 0.2) is 17.4 Å². The quantitative estimate of drug-likeness (QED) is 0.283. The molecule has 1 aromatic carbocycles. The summed E-state index contributed by atoms with van der Waals surface area (Å²) in [6.45, 7) is 11.8. The summed E-state index contributed by atoms with van der Waals surface area (Å²) in [5.74, 6) is -0.337. The van der Waals surface area contributed by atoms with E-state index in [2.05, 4.69) is 39.9 Å². The molecule has 8 nitrogen and oxygen atoms in total. The van der Waals surface area contributed by atoms with Gasteiger partial charge in [-0.1, -0.05) is 6.07 Å². The Morgan fingerprint density at radius 3 is 2.48 bits per heavy atom. The van der Waals surface area contributed by atoms with Gasteiger partial charge in [0.2, 0.25) is 5.88 Å². The highest BCUT2D eigenvalue weighted by atomic mass is 19.1. The zero-order valence-corrected chi connectivity index (χ0v) is 26.5. The van der Waals surface area contributed by atoms with E-state index in [1.165, 1.54) is 0 Å². The number of ether oxygens (including phenoxy) is 2. The number of aromatic nitrogens is 3. The van der Waals surface area contributed by atoms with Crippen LogP contribution >= 0.6 is 0 Å². The molecule has 5 rings (SSSR count). The lowest BCUT2D eigenvalue weighted by atomic mass is 9.89. The van der Waals surface area contributed by atoms with E-state index < -0.39 is 18.0 Å². The molecule has 0 radical (unpaired) electrons. The molecule has 0 N–H and O–H groups in total. The van der Waals surface area contributed by atoms with Gasteiger partial charge < -0.3 is 24.2 Å². The monoisotopic (exact) mass is 612 g/mol. The molecule has 1 atom stereocenters. The van der Waals surface area contributed by atoms with Crippen LogP contribution in [0.1, 0.15) is 63.5 Å². The molecule has 1 fully saturated rings. The molecule has 44 heavy (non-hydrogen) atoms. The van der Waals surface area contributed by atoms with Gasteiger partial charge in [0.1, 0.15) is 11.5 Å². The number of piperidine rings is 1. The number of halogens is 3. The minimum absolute atomic E-state index is 0.0425. The minimum Gasteiger partial charge on any atom is -0.475 e. The van der Waals surface area contributed by atoms with Crippen LogP contribution in [0.15, 0.2) is 30.5 Å². The first-order chi connectivity index (χ1) is 21.0. The van der Waals surface area contributed by atoms with Crippen LogP contribution in [-0.4, -0.2) is 90.1 Å². The molecule has 2 aliphatic heterocycles. The molecule has 2 aliphatic rings. The normalized spacial score (nSPS) is 17.8. The molecule has 1 unspecified atom stereocenters. The third-order valence-electron chi connectivity index (χ3n) is 8.13. The molecule has 0 saturated carbocycles. The van der Waals surface area contributed by atoms with Crippen LogP contribution in [0.4, 0.5) is 18.9 Å². The number of benzene rings is 1. The Morgan fingerprint density at radius 2 is 1.80 bits per heavy atom. The third kappa shape index (κ3) is 7.43. The molecule has 0 spiro atoms. The number of likely N-dealkylation sites (N-methyl/N-ethyl adjacent to an activating group) is 1. The molecule has 1 saturated heterocycles. The summed E-state index contributed by atoms with van der Waals surface area (Å²) in [6, 6.07) is 6.63. The standard InChI is InChI=1S/C33H43F3N6O2/c1-20(2)42-19-29(36)44-32-26(34)15-23(16-28(32)42)31-27(35)18-37-30(39-31)17-24-7-8-25(33(38-24)43-21(3)4)22-9-11-41(12-10-22)14-13-40(5)6/h7-8,15-16,18,20-22,29H,9-14,17,19H2,1-6H3. The van der Waals surface area contributed by atoms with Crippen molar-refractivity contribution in [1.82, 2.24) is 24.8 Å². The molecule has 0 aliphatic carbocycles. The Morgan fingerprint density at radius 1 is 1.05 bits per heavy atom. The average molecular weight is 613 g/mol. The van der Waals surface area contributed by atoms with E-state index in [0.717, 1.165) is 56.8 Å². The second kappa shape index (κ2) is 13.7. The van der Waals surface area contributed by atoms with Crippen LogP contribution in [0.5, 0.6) is 11.6 Å². The molecule has 238 valence electrons. The number of fused-ring (bicyclic) bond motifs is 1.